The van der Waals surface area contributed by atoms with Crippen LogP contribution >= 0.6 is 0 Å². The maximum absolute atomic E-state index is 11.1. The molecule has 34 heavy (non-hydrogen) atoms. The summed E-state index contributed by atoms with van der Waals surface area (Å²) in [6.45, 7) is 4.57. The molecule has 1 unspecified atom stereocenters. The fourth-order valence-electron chi connectivity index (χ4n) is 4.03. The standard InChI is InChI=1S/C26H26N2O5S/c1-18-5-3-6-19(2)26(18)22-8-4-7-20(15-22)17-32-23-11-9-21(10-12-23)24(16-28-34(29,30)31)25-13-14-27-33-25/h3-15,24,28H,16-17H2,1-2H3,(H,29,30,31). The van der Waals surface area contributed by atoms with Gasteiger partial charge in [0, 0.05) is 12.6 Å². The minimum absolute atomic E-state index is 0.0701. The highest BCUT2D eigenvalue weighted by molar-refractivity contribution is 7.83. The van der Waals surface area contributed by atoms with Crippen molar-refractivity contribution in [2.45, 2.75) is 26.4 Å². The molecule has 8 heteroatoms. The predicted molar refractivity (Wildman–Crippen MR) is 130 cm³/mol. The van der Waals surface area contributed by atoms with Gasteiger partial charge in [-0.25, -0.2) is 0 Å². The number of hydrogen-bond acceptors (Lipinski definition) is 5. The lowest BCUT2D eigenvalue weighted by atomic mass is 9.95. The van der Waals surface area contributed by atoms with Crippen LogP contribution in [0.5, 0.6) is 5.75 Å². The molecule has 0 aliphatic carbocycles. The largest absolute Gasteiger partial charge is 0.489 e. The third-order valence-electron chi connectivity index (χ3n) is 5.66. The molecule has 0 aliphatic rings. The molecule has 176 valence electrons. The van der Waals surface area contributed by atoms with Gasteiger partial charge >= 0.3 is 10.3 Å². The van der Waals surface area contributed by atoms with Crippen molar-refractivity contribution in [2.24, 2.45) is 0 Å². The Kier molecular flexibility index (Phi) is 7.12. The summed E-state index contributed by atoms with van der Waals surface area (Å²) in [6.07, 6.45) is 1.49. The van der Waals surface area contributed by atoms with Crippen molar-refractivity contribution < 1.29 is 22.2 Å². The van der Waals surface area contributed by atoms with E-state index in [-0.39, 0.29) is 6.54 Å². The number of hydrogen-bond donors (Lipinski definition) is 2. The molecule has 2 N–H and O–H groups in total. The van der Waals surface area contributed by atoms with Crippen LogP contribution < -0.4 is 9.46 Å². The lowest BCUT2D eigenvalue weighted by molar-refractivity contribution is 0.306. The number of rotatable bonds is 9. The lowest BCUT2D eigenvalue weighted by Crippen LogP contribution is -2.28. The highest BCUT2D eigenvalue weighted by Gasteiger charge is 2.20. The zero-order valence-electron chi connectivity index (χ0n) is 18.9. The molecule has 4 aromatic rings. The van der Waals surface area contributed by atoms with E-state index in [0.29, 0.717) is 18.1 Å². The Morgan fingerprint density at radius 2 is 1.71 bits per heavy atom. The second-order valence-electron chi connectivity index (χ2n) is 8.12. The number of nitrogens with zero attached hydrogens (tertiary/aromatic N) is 1. The second kappa shape index (κ2) is 10.2. The van der Waals surface area contributed by atoms with Crippen molar-refractivity contribution in [3.63, 3.8) is 0 Å². The van der Waals surface area contributed by atoms with Crippen LogP contribution in [0.3, 0.4) is 0 Å². The van der Waals surface area contributed by atoms with Gasteiger partial charge in [0.05, 0.1) is 12.1 Å². The van der Waals surface area contributed by atoms with Crippen LogP contribution in [-0.4, -0.2) is 24.7 Å². The third kappa shape index (κ3) is 5.91. The predicted octanol–water partition coefficient (Wildman–Crippen LogP) is 5.06. The number of aromatic nitrogens is 1. The topological polar surface area (TPSA) is 102 Å². The Morgan fingerprint density at radius 1 is 1.00 bits per heavy atom. The van der Waals surface area contributed by atoms with Gasteiger partial charge in [0.25, 0.3) is 0 Å². The molecular formula is C26H26N2O5S. The molecule has 0 bridgehead atoms. The van der Waals surface area contributed by atoms with Crippen molar-refractivity contribution in [3.05, 3.63) is 107 Å². The number of ether oxygens (including phenoxy) is 1. The van der Waals surface area contributed by atoms with Crippen molar-refractivity contribution in [1.29, 1.82) is 0 Å². The van der Waals surface area contributed by atoms with Crippen LogP contribution in [0.1, 0.15) is 33.9 Å². The molecule has 4 rings (SSSR count). The Bertz CT molecular complexity index is 1330. The Balaban J connectivity index is 1.47. The van der Waals surface area contributed by atoms with Crippen molar-refractivity contribution in [3.8, 4) is 16.9 Å². The summed E-state index contributed by atoms with van der Waals surface area (Å²) < 4.78 is 44.7. The van der Waals surface area contributed by atoms with E-state index in [0.717, 1.165) is 16.7 Å². The molecule has 3 aromatic carbocycles. The molecule has 0 amide bonds. The van der Waals surface area contributed by atoms with Crippen LogP contribution in [0.25, 0.3) is 11.1 Å². The second-order valence-corrected chi connectivity index (χ2v) is 9.35. The van der Waals surface area contributed by atoms with E-state index in [1.54, 1.807) is 6.07 Å². The molecule has 1 heterocycles. The molecule has 0 spiro atoms. The minimum atomic E-state index is -4.33. The number of benzene rings is 3. The Morgan fingerprint density at radius 3 is 2.35 bits per heavy atom. The number of aryl methyl sites for hydroxylation is 2. The normalized spacial score (nSPS) is 12.4. The monoisotopic (exact) mass is 478 g/mol. The lowest BCUT2D eigenvalue weighted by Gasteiger charge is -2.15. The van der Waals surface area contributed by atoms with Crippen molar-refractivity contribution >= 4 is 10.3 Å². The summed E-state index contributed by atoms with van der Waals surface area (Å²) in [5.74, 6) is 0.709. The van der Waals surface area contributed by atoms with Crippen LogP contribution in [-0.2, 0) is 16.9 Å². The maximum atomic E-state index is 11.1. The van der Waals surface area contributed by atoms with E-state index in [4.69, 9.17) is 13.8 Å². The van der Waals surface area contributed by atoms with Gasteiger partial charge in [-0.05, 0) is 65.4 Å². The quantitative estimate of drug-likeness (QED) is 0.326. The van der Waals surface area contributed by atoms with Gasteiger partial charge in [-0.2, -0.15) is 13.1 Å². The van der Waals surface area contributed by atoms with Gasteiger partial charge in [-0.15, -0.1) is 0 Å². The minimum Gasteiger partial charge on any atom is -0.489 e. The summed E-state index contributed by atoms with van der Waals surface area (Å²) in [7, 11) is -4.33. The summed E-state index contributed by atoms with van der Waals surface area (Å²) >= 11 is 0. The van der Waals surface area contributed by atoms with Gasteiger partial charge in [0.2, 0.25) is 0 Å². The van der Waals surface area contributed by atoms with Crippen LogP contribution in [0.15, 0.2) is 83.5 Å². The highest BCUT2D eigenvalue weighted by atomic mass is 32.2. The van der Waals surface area contributed by atoms with E-state index in [1.165, 1.54) is 22.9 Å². The molecule has 0 fully saturated rings. The van der Waals surface area contributed by atoms with Gasteiger partial charge in [0.15, 0.2) is 0 Å². The van der Waals surface area contributed by atoms with E-state index >= 15 is 0 Å². The van der Waals surface area contributed by atoms with Crippen molar-refractivity contribution in [1.82, 2.24) is 9.88 Å². The van der Waals surface area contributed by atoms with Crippen LogP contribution in [0.4, 0.5) is 0 Å². The first-order chi connectivity index (χ1) is 16.3. The molecule has 1 atom stereocenters. The first-order valence-corrected chi connectivity index (χ1v) is 12.2. The summed E-state index contributed by atoms with van der Waals surface area (Å²) in [6, 6.07) is 23.6. The molecule has 0 radical (unpaired) electrons. The summed E-state index contributed by atoms with van der Waals surface area (Å²) in [5, 5.41) is 3.69. The zero-order chi connectivity index (χ0) is 24.1. The molecule has 0 saturated heterocycles. The maximum Gasteiger partial charge on any atom is 0.333 e. The zero-order valence-corrected chi connectivity index (χ0v) is 19.7. The van der Waals surface area contributed by atoms with Crippen LogP contribution in [0, 0.1) is 13.8 Å². The highest BCUT2D eigenvalue weighted by Crippen LogP contribution is 2.29. The molecular weight excluding hydrogens is 452 g/mol. The number of nitrogens with one attached hydrogen (secondary N) is 1. The van der Waals surface area contributed by atoms with Gasteiger partial charge < -0.3 is 9.26 Å². The molecule has 0 saturated carbocycles. The molecule has 0 aliphatic heterocycles. The van der Waals surface area contributed by atoms with Gasteiger partial charge in [0.1, 0.15) is 18.1 Å². The Labute approximate surface area is 199 Å². The van der Waals surface area contributed by atoms with E-state index < -0.39 is 16.2 Å². The van der Waals surface area contributed by atoms with E-state index in [1.807, 2.05) is 36.4 Å². The molecule has 7 nitrogen and oxygen atoms in total. The fourth-order valence-corrected chi connectivity index (χ4v) is 4.40. The first kappa shape index (κ1) is 23.7. The summed E-state index contributed by atoms with van der Waals surface area (Å²) in [5.41, 5.74) is 6.72. The van der Waals surface area contributed by atoms with Gasteiger partial charge in [-0.1, -0.05) is 53.7 Å². The van der Waals surface area contributed by atoms with Crippen LogP contribution in [0.2, 0.25) is 0 Å². The third-order valence-corrected chi connectivity index (χ3v) is 6.19. The first-order valence-electron chi connectivity index (χ1n) is 10.8. The SMILES string of the molecule is Cc1cccc(C)c1-c1cccc(COc2ccc(C(CNS(=O)(=O)O)c3ccno3)cc2)c1. The van der Waals surface area contributed by atoms with Gasteiger partial charge in [-0.3, -0.25) is 4.55 Å². The smallest absolute Gasteiger partial charge is 0.333 e. The molecule has 1 aromatic heterocycles. The average Bonchev–Trinajstić information content (AvgIpc) is 3.33. The van der Waals surface area contributed by atoms with Crippen molar-refractivity contribution in [2.75, 3.05) is 6.54 Å². The fraction of sp³-hybridized carbons (Fsp3) is 0.192. The average molecular weight is 479 g/mol. The Hall–Kier alpha value is -3.46. The van der Waals surface area contributed by atoms with E-state index in [9.17, 15) is 8.42 Å². The summed E-state index contributed by atoms with van der Waals surface area (Å²) in [4.78, 5) is 0. The van der Waals surface area contributed by atoms with E-state index in [2.05, 4.69) is 54.1 Å².